The molecule has 0 saturated heterocycles. The molecule has 0 aliphatic heterocycles. The van der Waals surface area contributed by atoms with E-state index in [1.54, 1.807) is 0 Å². The Morgan fingerprint density at radius 1 is 1.28 bits per heavy atom. The van der Waals surface area contributed by atoms with Crippen LogP contribution in [0.5, 0.6) is 0 Å². The average molecular weight is 272 g/mol. The van der Waals surface area contributed by atoms with Crippen LogP contribution in [-0.4, -0.2) is 22.6 Å². The maximum atomic E-state index is 11.3. The van der Waals surface area contributed by atoms with Crippen molar-refractivity contribution in [3.05, 3.63) is 0 Å². The zero-order chi connectivity index (χ0) is 13.4. The molecule has 1 saturated carbocycles. The summed E-state index contributed by atoms with van der Waals surface area (Å²) < 4.78 is 0. The molecule has 2 nitrogen and oxygen atoms in total. The lowest BCUT2D eigenvalue weighted by Crippen LogP contribution is -2.30. The summed E-state index contributed by atoms with van der Waals surface area (Å²) in [7, 11) is 0. The minimum atomic E-state index is -0.557. The fourth-order valence-electron chi connectivity index (χ4n) is 3.27. The summed E-state index contributed by atoms with van der Waals surface area (Å²) in [6.07, 6.45) is 8.02. The molecular weight excluding hydrogens is 244 g/mol. The Morgan fingerprint density at radius 3 is 2.67 bits per heavy atom. The van der Waals surface area contributed by atoms with E-state index in [-0.39, 0.29) is 5.92 Å². The molecule has 1 N–H and O–H groups in total. The van der Waals surface area contributed by atoms with Crippen molar-refractivity contribution in [2.24, 2.45) is 17.8 Å². The van der Waals surface area contributed by atoms with Crippen LogP contribution in [0.4, 0.5) is 0 Å². The minimum Gasteiger partial charge on any atom is -0.481 e. The third kappa shape index (κ3) is 5.21. The number of hydrogen-bond donors (Lipinski definition) is 1. The highest BCUT2D eigenvalue weighted by molar-refractivity contribution is 7.99. The van der Waals surface area contributed by atoms with E-state index in [0.29, 0.717) is 5.92 Å². The van der Waals surface area contributed by atoms with E-state index in [9.17, 15) is 9.90 Å². The topological polar surface area (TPSA) is 37.3 Å². The van der Waals surface area contributed by atoms with Crippen molar-refractivity contribution in [1.29, 1.82) is 0 Å². The van der Waals surface area contributed by atoms with E-state index in [1.165, 1.54) is 30.8 Å². The van der Waals surface area contributed by atoms with E-state index in [0.717, 1.165) is 31.6 Å². The molecular formula is C15H28O2S. The van der Waals surface area contributed by atoms with Crippen LogP contribution in [0.1, 0.15) is 58.8 Å². The summed E-state index contributed by atoms with van der Waals surface area (Å²) in [5.41, 5.74) is 0. The lowest BCUT2D eigenvalue weighted by Gasteiger charge is -2.34. The van der Waals surface area contributed by atoms with E-state index < -0.39 is 5.97 Å². The van der Waals surface area contributed by atoms with Crippen LogP contribution in [0.3, 0.4) is 0 Å². The summed E-state index contributed by atoms with van der Waals surface area (Å²) in [5.74, 6) is 2.96. The normalized spacial score (nSPS) is 28.2. The molecule has 0 radical (unpaired) electrons. The highest BCUT2D eigenvalue weighted by Gasteiger charge is 2.33. The van der Waals surface area contributed by atoms with Crippen LogP contribution in [0.2, 0.25) is 0 Å². The predicted molar refractivity (Wildman–Crippen MR) is 79.1 cm³/mol. The molecule has 0 amide bonds. The number of rotatable bonds is 8. The van der Waals surface area contributed by atoms with Gasteiger partial charge in [-0.15, -0.1) is 0 Å². The molecule has 0 heterocycles. The van der Waals surface area contributed by atoms with Crippen LogP contribution < -0.4 is 0 Å². The fourth-order valence-corrected chi connectivity index (χ4v) is 3.93. The molecule has 0 aromatic heterocycles. The third-order valence-electron chi connectivity index (χ3n) is 4.17. The Labute approximate surface area is 116 Å². The van der Waals surface area contributed by atoms with Gasteiger partial charge in [-0.25, -0.2) is 0 Å². The maximum Gasteiger partial charge on any atom is 0.306 e. The largest absolute Gasteiger partial charge is 0.481 e. The maximum absolute atomic E-state index is 11.3. The molecule has 0 aromatic rings. The highest BCUT2D eigenvalue weighted by atomic mass is 32.2. The number of aliphatic carboxylic acids is 1. The van der Waals surface area contributed by atoms with Gasteiger partial charge in [-0.2, -0.15) is 11.8 Å². The van der Waals surface area contributed by atoms with Gasteiger partial charge in [0.25, 0.3) is 0 Å². The first-order valence-corrected chi connectivity index (χ1v) is 8.65. The van der Waals surface area contributed by atoms with Crippen molar-refractivity contribution in [3.63, 3.8) is 0 Å². The van der Waals surface area contributed by atoms with Gasteiger partial charge in [0.1, 0.15) is 0 Å². The van der Waals surface area contributed by atoms with Crippen molar-refractivity contribution in [3.8, 4) is 0 Å². The Morgan fingerprint density at radius 2 is 2.06 bits per heavy atom. The number of carboxylic acids is 1. The van der Waals surface area contributed by atoms with Crippen LogP contribution in [0.25, 0.3) is 0 Å². The zero-order valence-electron chi connectivity index (χ0n) is 11.9. The molecule has 1 aliphatic carbocycles. The van der Waals surface area contributed by atoms with Gasteiger partial charge >= 0.3 is 5.97 Å². The summed E-state index contributed by atoms with van der Waals surface area (Å²) in [6.45, 7) is 4.42. The van der Waals surface area contributed by atoms with Crippen molar-refractivity contribution < 1.29 is 9.90 Å². The standard InChI is InChI=1S/C15H28O2S/c1-3-6-12-8-9-14(15(16)17)13(11-12)7-5-10-18-4-2/h12-14H,3-11H2,1-2H3,(H,16,17). The number of hydrogen-bond acceptors (Lipinski definition) is 2. The lowest BCUT2D eigenvalue weighted by molar-refractivity contribution is -0.145. The summed E-state index contributed by atoms with van der Waals surface area (Å²) in [5, 5.41) is 9.32. The van der Waals surface area contributed by atoms with Crippen molar-refractivity contribution in [2.75, 3.05) is 11.5 Å². The number of carboxylic acid groups (broad SMARTS) is 1. The molecule has 3 atom stereocenters. The smallest absolute Gasteiger partial charge is 0.306 e. The van der Waals surface area contributed by atoms with E-state index in [1.807, 2.05) is 11.8 Å². The first kappa shape index (κ1) is 15.9. The van der Waals surface area contributed by atoms with Gasteiger partial charge in [-0.3, -0.25) is 4.79 Å². The van der Waals surface area contributed by atoms with Gasteiger partial charge < -0.3 is 5.11 Å². The highest BCUT2D eigenvalue weighted by Crippen LogP contribution is 2.38. The second kappa shape index (κ2) is 8.84. The Bertz CT molecular complexity index is 243. The Kier molecular flexibility index (Phi) is 7.80. The lowest BCUT2D eigenvalue weighted by atomic mass is 9.71. The van der Waals surface area contributed by atoms with E-state index in [2.05, 4.69) is 13.8 Å². The molecule has 18 heavy (non-hydrogen) atoms. The second-order valence-electron chi connectivity index (χ2n) is 5.51. The summed E-state index contributed by atoms with van der Waals surface area (Å²) in [4.78, 5) is 11.3. The first-order chi connectivity index (χ1) is 8.69. The van der Waals surface area contributed by atoms with Gasteiger partial charge in [0, 0.05) is 0 Å². The number of carbonyl (C=O) groups is 1. The zero-order valence-corrected chi connectivity index (χ0v) is 12.7. The SMILES string of the molecule is CCCC1CCC(C(=O)O)C(CCCSCC)C1. The molecule has 1 fully saturated rings. The molecule has 3 heteroatoms. The minimum absolute atomic E-state index is 0.0651. The van der Waals surface area contributed by atoms with Gasteiger partial charge in [-0.1, -0.05) is 26.7 Å². The first-order valence-electron chi connectivity index (χ1n) is 7.49. The number of thioether (sulfide) groups is 1. The summed E-state index contributed by atoms with van der Waals surface area (Å²) >= 11 is 1.97. The third-order valence-corrected chi connectivity index (χ3v) is 5.16. The van der Waals surface area contributed by atoms with Gasteiger partial charge in [0.05, 0.1) is 5.92 Å². The van der Waals surface area contributed by atoms with Gasteiger partial charge in [0.2, 0.25) is 0 Å². The predicted octanol–water partition coefficient (Wildman–Crippen LogP) is 4.44. The van der Waals surface area contributed by atoms with Crippen molar-refractivity contribution in [1.82, 2.24) is 0 Å². The molecule has 1 rings (SSSR count). The van der Waals surface area contributed by atoms with Crippen LogP contribution >= 0.6 is 11.8 Å². The van der Waals surface area contributed by atoms with Gasteiger partial charge in [0.15, 0.2) is 0 Å². The Balaban J connectivity index is 2.41. The molecule has 0 spiro atoms. The van der Waals surface area contributed by atoms with Crippen molar-refractivity contribution in [2.45, 2.75) is 58.8 Å². The van der Waals surface area contributed by atoms with Gasteiger partial charge in [-0.05, 0) is 55.4 Å². The van der Waals surface area contributed by atoms with Crippen LogP contribution in [-0.2, 0) is 4.79 Å². The quantitative estimate of drug-likeness (QED) is 0.664. The molecule has 106 valence electrons. The Hall–Kier alpha value is -0.180. The molecule has 0 bridgehead atoms. The molecule has 1 aliphatic rings. The van der Waals surface area contributed by atoms with Crippen LogP contribution in [0, 0.1) is 17.8 Å². The molecule has 0 aromatic carbocycles. The van der Waals surface area contributed by atoms with Crippen LogP contribution in [0.15, 0.2) is 0 Å². The van der Waals surface area contributed by atoms with E-state index in [4.69, 9.17) is 0 Å². The second-order valence-corrected chi connectivity index (χ2v) is 6.91. The molecule has 3 unspecified atom stereocenters. The fraction of sp³-hybridized carbons (Fsp3) is 0.933. The van der Waals surface area contributed by atoms with Crippen molar-refractivity contribution >= 4 is 17.7 Å². The monoisotopic (exact) mass is 272 g/mol. The average Bonchev–Trinajstić information content (AvgIpc) is 2.35. The van der Waals surface area contributed by atoms with E-state index >= 15 is 0 Å². The summed E-state index contributed by atoms with van der Waals surface area (Å²) in [6, 6.07) is 0.